The molecule has 0 aromatic heterocycles. The van der Waals surface area contributed by atoms with E-state index in [1.165, 1.54) is 19.3 Å². The molecule has 2 saturated carbocycles. The molecule has 2 fully saturated rings. The maximum Gasteiger partial charge on any atom is 0.321 e. The van der Waals surface area contributed by atoms with E-state index in [0.717, 1.165) is 12.8 Å². The fourth-order valence-corrected chi connectivity index (χ4v) is 3.59. The molecule has 0 heterocycles. The average Bonchev–Trinajstić information content (AvgIpc) is 2.89. The highest BCUT2D eigenvalue weighted by Crippen LogP contribution is 2.67. The molecule has 0 N–H and O–H groups in total. The van der Waals surface area contributed by atoms with Crippen LogP contribution in [0.1, 0.15) is 66.2 Å². The Bertz CT molecular complexity index is 444. The highest BCUT2D eigenvalue weighted by Gasteiger charge is 2.76. The van der Waals surface area contributed by atoms with Gasteiger partial charge in [0.25, 0.3) is 0 Å². The first-order valence-corrected chi connectivity index (χ1v) is 8.27. The van der Waals surface area contributed by atoms with Gasteiger partial charge in [0, 0.05) is 12.3 Å². The Kier molecular flexibility index (Phi) is 4.60. The molecule has 3 atom stereocenters. The van der Waals surface area contributed by atoms with Crippen LogP contribution < -0.4 is 0 Å². The van der Waals surface area contributed by atoms with E-state index in [2.05, 4.69) is 19.1 Å². The fourth-order valence-electron chi connectivity index (χ4n) is 3.59. The number of allylic oxidation sites excluding steroid dienone is 2. The van der Waals surface area contributed by atoms with Gasteiger partial charge < -0.3 is 4.74 Å². The van der Waals surface area contributed by atoms with E-state index in [0.29, 0.717) is 6.42 Å². The summed E-state index contributed by atoms with van der Waals surface area (Å²) in [5.41, 5.74) is -1.37. The number of carbonyl (C=O) groups is 2. The minimum atomic E-state index is -0.839. The van der Waals surface area contributed by atoms with Gasteiger partial charge in [0.1, 0.15) is 11.0 Å². The highest BCUT2D eigenvalue weighted by atomic mass is 16.6. The van der Waals surface area contributed by atoms with Crippen molar-refractivity contribution in [3.05, 3.63) is 12.2 Å². The lowest BCUT2D eigenvalue weighted by Crippen LogP contribution is -2.34. The number of ether oxygens (including phenoxy) is 1. The Morgan fingerprint density at radius 1 is 1.38 bits per heavy atom. The Morgan fingerprint density at radius 2 is 2.10 bits per heavy atom. The van der Waals surface area contributed by atoms with E-state index in [-0.39, 0.29) is 23.6 Å². The monoisotopic (exact) mass is 292 g/mol. The molecule has 0 bridgehead atoms. The van der Waals surface area contributed by atoms with Crippen LogP contribution in [-0.4, -0.2) is 17.4 Å². The molecule has 0 aliphatic heterocycles. The Hall–Kier alpha value is -1.12. The van der Waals surface area contributed by atoms with Crippen LogP contribution in [-0.2, 0) is 14.3 Å². The fraction of sp³-hybridized carbons (Fsp3) is 0.778. The Labute approximate surface area is 128 Å². The summed E-state index contributed by atoms with van der Waals surface area (Å²) in [7, 11) is 0. The molecule has 2 rings (SSSR count). The molecule has 21 heavy (non-hydrogen) atoms. The molecule has 0 unspecified atom stereocenters. The zero-order valence-corrected chi connectivity index (χ0v) is 13.8. The minimum absolute atomic E-state index is 0.0789. The van der Waals surface area contributed by atoms with Crippen LogP contribution in [0.2, 0.25) is 0 Å². The zero-order chi connectivity index (χ0) is 15.7. The molecule has 0 spiro atoms. The number of hydrogen-bond donors (Lipinski definition) is 0. The van der Waals surface area contributed by atoms with Gasteiger partial charge >= 0.3 is 5.97 Å². The molecular formula is C18H28O3. The predicted molar refractivity (Wildman–Crippen MR) is 82.8 cm³/mol. The van der Waals surface area contributed by atoms with Gasteiger partial charge in [-0.05, 0) is 46.0 Å². The van der Waals surface area contributed by atoms with Gasteiger partial charge in [-0.1, -0.05) is 31.9 Å². The first-order chi connectivity index (χ1) is 9.84. The standard InChI is InChI=1S/C18H28O3/c1-5-6-7-8-9-10-13-14-11-12-15(19)18(13,14)16(20)21-17(2,3)4/h9-10,13-14H,5-8,11-12H2,1-4H3/b10-9+/t13-,14-,18-/m0/s1. The van der Waals surface area contributed by atoms with Crippen LogP contribution in [0.5, 0.6) is 0 Å². The second-order valence-corrected chi connectivity index (χ2v) is 7.39. The largest absolute Gasteiger partial charge is 0.459 e. The van der Waals surface area contributed by atoms with E-state index in [4.69, 9.17) is 4.74 Å². The van der Waals surface area contributed by atoms with Crippen LogP contribution >= 0.6 is 0 Å². The number of esters is 1. The van der Waals surface area contributed by atoms with Crippen molar-refractivity contribution in [2.24, 2.45) is 17.3 Å². The smallest absolute Gasteiger partial charge is 0.321 e. The molecule has 0 aromatic carbocycles. The van der Waals surface area contributed by atoms with Gasteiger partial charge in [-0.15, -0.1) is 0 Å². The average molecular weight is 292 g/mol. The quantitative estimate of drug-likeness (QED) is 0.321. The van der Waals surface area contributed by atoms with Crippen LogP contribution in [0, 0.1) is 17.3 Å². The van der Waals surface area contributed by atoms with Crippen molar-refractivity contribution >= 4 is 11.8 Å². The summed E-state index contributed by atoms with van der Waals surface area (Å²) in [5, 5.41) is 0. The van der Waals surface area contributed by atoms with Crippen molar-refractivity contribution in [3.8, 4) is 0 Å². The van der Waals surface area contributed by atoms with Crippen LogP contribution in [0.25, 0.3) is 0 Å². The van der Waals surface area contributed by atoms with Crippen molar-refractivity contribution in [2.75, 3.05) is 0 Å². The maximum atomic E-state index is 12.5. The Balaban J connectivity index is 2.01. The molecule has 118 valence electrons. The van der Waals surface area contributed by atoms with Gasteiger partial charge in [0.2, 0.25) is 0 Å². The summed E-state index contributed by atoms with van der Waals surface area (Å²) >= 11 is 0. The summed E-state index contributed by atoms with van der Waals surface area (Å²) < 4.78 is 5.52. The summed E-state index contributed by atoms with van der Waals surface area (Å²) in [4.78, 5) is 24.8. The van der Waals surface area contributed by atoms with Gasteiger partial charge in [-0.3, -0.25) is 9.59 Å². The van der Waals surface area contributed by atoms with Gasteiger partial charge in [-0.25, -0.2) is 0 Å². The summed E-state index contributed by atoms with van der Waals surface area (Å²) in [6, 6.07) is 0. The summed E-state index contributed by atoms with van der Waals surface area (Å²) in [6.07, 6.45) is 10.3. The predicted octanol–water partition coefficient (Wildman–Crippen LogP) is 4.06. The van der Waals surface area contributed by atoms with Crippen molar-refractivity contribution < 1.29 is 14.3 Å². The number of rotatable bonds is 6. The lowest BCUT2D eigenvalue weighted by molar-refractivity contribution is -0.164. The number of Topliss-reactive ketones (excluding diaryl/α,β-unsaturated/α-hetero) is 1. The molecule has 0 saturated heterocycles. The third-order valence-electron chi connectivity index (χ3n) is 4.63. The van der Waals surface area contributed by atoms with E-state index in [9.17, 15) is 9.59 Å². The molecule has 0 radical (unpaired) electrons. The number of unbranched alkanes of at least 4 members (excludes halogenated alkanes) is 3. The Morgan fingerprint density at radius 3 is 2.71 bits per heavy atom. The summed E-state index contributed by atoms with van der Waals surface area (Å²) in [6.45, 7) is 7.75. The normalized spacial score (nSPS) is 31.5. The second kappa shape index (κ2) is 5.94. The molecule has 0 amide bonds. The molecule has 3 heteroatoms. The van der Waals surface area contributed by atoms with Gasteiger partial charge in [0.15, 0.2) is 5.78 Å². The molecule has 2 aliphatic rings. The van der Waals surface area contributed by atoms with Crippen molar-refractivity contribution in [3.63, 3.8) is 0 Å². The highest BCUT2D eigenvalue weighted by molar-refractivity contribution is 6.10. The zero-order valence-electron chi connectivity index (χ0n) is 13.8. The van der Waals surface area contributed by atoms with E-state index < -0.39 is 11.0 Å². The van der Waals surface area contributed by atoms with Gasteiger partial charge in [-0.2, -0.15) is 0 Å². The van der Waals surface area contributed by atoms with Crippen LogP contribution in [0.15, 0.2) is 12.2 Å². The molecular weight excluding hydrogens is 264 g/mol. The lowest BCUT2D eigenvalue weighted by atomic mass is 9.97. The van der Waals surface area contributed by atoms with Crippen LogP contribution in [0.3, 0.4) is 0 Å². The second-order valence-electron chi connectivity index (χ2n) is 7.39. The number of hydrogen-bond acceptors (Lipinski definition) is 3. The molecule has 3 nitrogen and oxygen atoms in total. The number of ketones is 1. The molecule has 2 aliphatic carbocycles. The van der Waals surface area contributed by atoms with Crippen molar-refractivity contribution in [2.45, 2.75) is 71.8 Å². The van der Waals surface area contributed by atoms with Crippen LogP contribution in [0.4, 0.5) is 0 Å². The SMILES string of the molecule is CCCCC/C=C/[C@H]1[C@@H]2CCC(=O)[C@]12C(=O)OC(C)(C)C. The van der Waals surface area contributed by atoms with E-state index in [1.54, 1.807) is 0 Å². The third kappa shape index (κ3) is 3.07. The first-order valence-electron chi connectivity index (χ1n) is 8.27. The lowest BCUT2D eigenvalue weighted by Gasteiger charge is -2.23. The minimum Gasteiger partial charge on any atom is -0.459 e. The van der Waals surface area contributed by atoms with E-state index in [1.807, 2.05) is 20.8 Å². The van der Waals surface area contributed by atoms with Crippen molar-refractivity contribution in [1.82, 2.24) is 0 Å². The molecule has 0 aromatic rings. The van der Waals surface area contributed by atoms with Crippen molar-refractivity contribution in [1.29, 1.82) is 0 Å². The summed E-state index contributed by atoms with van der Waals surface area (Å²) in [5.74, 6) is 0.0492. The van der Waals surface area contributed by atoms with E-state index >= 15 is 0 Å². The first kappa shape index (κ1) is 16.3. The number of carbonyl (C=O) groups excluding carboxylic acids is 2. The van der Waals surface area contributed by atoms with Gasteiger partial charge in [0.05, 0.1) is 0 Å². The third-order valence-corrected chi connectivity index (χ3v) is 4.63. The number of fused-ring (bicyclic) bond motifs is 1. The maximum absolute atomic E-state index is 12.5. The topological polar surface area (TPSA) is 43.4 Å².